The Labute approximate surface area is 70.7 Å². The Bertz CT molecular complexity index is 318. The highest BCUT2D eigenvalue weighted by Crippen LogP contribution is 2.12. The van der Waals surface area contributed by atoms with Crippen molar-refractivity contribution in [3.63, 3.8) is 0 Å². The Morgan fingerprint density at radius 2 is 2.23 bits per heavy atom. The lowest BCUT2D eigenvalue weighted by Crippen LogP contribution is -2.37. The minimum Gasteiger partial charge on any atom is -0.361 e. The maximum absolute atomic E-state index is 11.6. The molecule has 0 aliphatic carbocycles. The van der Waals surface area contributed by atoms with Crippen molar-refractivity contribution in [2.75, 3.05) is 0 Å². The summed E-state index contributed by atoms with van der Waals surface area (Å²) < 4.78 is 39.4. The van der Waals surface area contributed by atoms with Gasteiger partial charge < -0.3 is 4.52 Å². The fourth-order valence-electron chi connectivity index (χ4n) is 0.713. The van der Waals surface area contributed by atoms with Gasteiger partial charge in [-0.05, 0) is 6.92 Å². The molecule has 1 heterocycles. The average Bonchev–Trinajstić information content (AvgIpc) is 2.30. The van der Waals surface area contributed by atoms with Gasteiger partial charge in [0, 0.05) is 0 Å². The number of rotatable bonds is 1. The lowest BCUT2D eigenvalue weighted by molar-refractivity contribution is -0.146. The minimum absolute atomic E-state index is 0.0433. The smallest absolute Gasteiger partial charge is 0.361 e. The molecule has 1 aromatic heterocycles. The molecule has 0 radical (unpaired) electrons. The van der Waals surface area contributed by atoms with Gasteiger partial charge in [-0.1, -0.05) is 5.16 Å². The standard InChI is InChI=1S/C6H5F3N2O2/c1-3-4(2-10-13-3)5(12)11-6(7,8)9/h2H,1H3,(H,11,12). The van der Waals surface area contributed by atoms with Crippen LogP contribution >= 0.6 is 0 Å². The zero-order valence-electron chi connectivity index (χ0n) is 6.47. The van der Waals surface area contributed by atoms with E-state index in [2.05, 4.69) is 9.68 Å². The van der Waals surface area contributed by atoms with Crippen LogP contribution in [0.5, 0.6) is 0 Å². The lowest BCUT2D eigenvalue weighted by atomic mass is 10.2. The summed E-state index contributed by atoms with van der Waals surface area (Å²) in [5, 5.41) is 3.99. The van der Waals surface area contributed by atoms with Crippen molar-refractivity contribution in [2.24, 2.45) is 0 Å². The van der Waals surface area contributed by atoms with Gasteiger partial charge >= 0.3 is 6.30 Å². The fourth-order valence-corrected chi connectivity index (χ4v) is 0.713. The molecule has 7 heteroatoms. The van der Waals surface area contributed by atoms with Gasteiger partial charge in [0.2, 0.25) is 0 Å². The molecule has 0 aromatic carbocycles. The van der Waals surface area contributed by atoms with Crippen molar-refractivity contribution in [3.05, 3.63) is 17.5 Å². The van der Waals surface area contributed by atoms with E-state index in [0.29, 0.717) is 0 Å². The van der Waals surface area contributed by atoms with Crippen molar-refractivity contribution in [3.8, 4) is 0 Å². The molecule has 0 fully saturated rings. The van der Waals surface area contributed by atoms with Gasteiger partial charge in [-0.25, -0.2) is 0 Å². The Morgan fingerprint density at radius 3 is 2.62 bits per heavy atom. The number of carbonyl (C=O) groups is 1. The molecule has 0 unspecified atom stereocenters. The van der Waals surface area contributed by atoms with Crippen molar-refractivity contribution >= 4 is 5.91 Å². The van der Waals surface area contributed by atoms with Gasteiger partial charge in [0.05, 0.1) is 6.20 Å². The van der Waals surface area contributed by atoms with Crippen LogP contribution in [0.2, 0.25) is 0 Å². The van der Waals surface area contributed by atoms with Gasteiger partial charge in [-0.3, -0.25) is 10.1 Å². The van der Waals surface area contributed by atoms with Gasteiger partial charge in [0.1, 0.15) is 11.3 Å². The number of nitrogens with one attached hydrogen (secondary N) is 1. The monoisotopic (exact) mass is 194 g/mol. The predicted octanol–water partition coefficient (Wildman–Crippen LogP) is 1.23. The summed E-state index contributed by atoms with van der Waals surface area (Å²) in [7, 11) is 0. The molecule has 0 saturated carbocycles. The average molecular weight is 194 g/mol. The molecule has 0 aliphatic rings. The zero-order valence-corrected chi connectivity index (χ0v) is 6.47. The topological polar surface area (TPSA) is 55.1 Å². The van der Waals surface area contributed by atoms with E-state index in [-0.39, 0.29) is 11.3 Å². The molecule has 1 N–H and O–H groups in total. The number of hydrogen-bond donors (Lipinski definition) is 1. The number of hydrogen-bond acceptors (Lipinski definition) is 3. The van der Waals surface area contributed by atoms with Crippen molar-refractivity contribution < 1.29 is 22.5 Å². The summed E-state index contributed by atoms with van der Waals surface area (Å²) in [5.41, 5.74) is -0.225. The molecule has 72 valence electrons. The van der Waals surface area contributed by atoms with Crippen LogP contribution in [-0.4, -0.2) is 17.4 Å². The third kappa shape index (κ3) is 2.46. The third-order valence-corrected chi connectivity index (χ3v) is 1.25. The molecular formula is C6H5F3N2O2. The molecule has 1 rings (SSSR count). The van der Waals surface area contributed by atoms with Gasteiger partial charge in [-0.15, -0.1) is 0 Å². The molecule has 1 aromatic rings. The van der Waals surface area contributed by atoms with Crippen LogP contribution in [0.25, 0.3) is 0 Å². The van der Waals surface area contributed by atoms with E-state index in [0.717, 1.165) is 11.5 Å². The number of aryl methyl sites for hydroxylation is 1. The quantitative estimate of drug-likeness (QED) is 0.684. The predicted molar refractivity (Wildman–Crippen MR) is 34.8 cm³/mol. The largest absolute Gasteiger partial charge is 0.484 e. The summed E-state index contributed by atoms with van der Waals surface area (Å²) in [6.07, 6.45) is -3.81. The highest BCUT2D eigenvalue weighted by Gasteiger charge is 2.31. The first kappa shape index (κ1) is 9.56. The first-order chi connectivity index (χ1) is 5.90. The summed E-state index contributed by atoms with van der Waals surface area (Å²) >= 11 is 0. The maximum Gasteiger partial charge on any atom is 0.484 e. The summed E-state index contributed by atoms with van der Waals surface area (Å²) in [6, 6.07) is 0. The van der Waals surface area contributed by atoms with E-state index < -0.39 is 12.2 Å². The Kier molecular flexibility index (Phi) is 2.26. The SMILES string of the molecule is Cc1oncc1C(=O)NC(F)(F)F. The second-order valence-electron chi connectivity index (χ2n) is 2.25. The van der Waals surface area contributed by atoms with E-state index >= 15 is 0 Å². The summed E-state index contributed by atoms with van der Waals surface area (Å²) in [5.74, 6) is -1.23. The van der Waals surface area contributed by atoms with Gasteiger partial charge in [0.15, 0.2) is 0 Å². The lowest BCUT2D eigenvalue weighted by Gasteiger charge is -2.06. The van der Waals surface area contributed by atoms with E-state index in [1.54, 1.807) is 0 Å². The molecular weight excluding hydrogens is 189 g/mol. The maximum atomic E-state index is 11.6. The van der Waals surface area contributed by atoms with Crippen LogP contribution in [0.4, 0.5) is 13.2 Å². The number of halogens is 3. The third-order valence-electron chi connectivity index (χ3n) is 1.25. The van der Waals surface area contributed by atoms with Crippen LogP contribution in [0.3, 0.4) is 0 Å². The van der Waals surface area contributed by atoms with Gasteiger partial charge in [0.25, 0.3) is 5.91 Å². The number of carbonyl (C=O) groups excluding carboxylic acids is 1. The molecule has 13 heavy (non-hydrogen) atoms. The van der Waals surface area contributed by atoms with Crippen molar-refractivity contribution in [2.45, 2.75) is 13.2 Å². The van der Waals surface area contributed by atoms with E-state index in [1.165, 1.54) is 6.92 Å². The van der Waals surface area contributed by atoms with Crippen molar-refractivity contribution in [1.29, 1.82) is 0 Å². The Morgan fingerprint density at radius 1 is 1.62 bits per heavy atom. The summed E-state index contributed by atoms with van der Waals surface area (Å²) in [6.45, 7) is 1.35. The van der Waals surface area contributed by atoms with Crippen LogP contribution in [-0.2, 0) is 0 Å². The van der Waals surface area contributed by atoms with Crippen LogP contribution in [0.1, 0.15) is 16.1 Å². The first-order valence-corrected chi connectivity index (χ1v) is 3.20. The number of amides is 1. The van der Waals surface area contributed by atoms with E-state index in [4.69, 9.17) is 0 Å². The van der Waals surface area contributed by atoms with Crippen LogP contribution in [0.15, 0.2) is 10.7 Å². The number of nitrogens with zero attached hydrogens (tertiary/aromatic N) is 1. The second kappa shape index (κ2) is 3.08. The number of alkyl halides is 3. The minimum atomic E-state index is -4.74. The molecule has 0 atom stereocenters. The van der Waals surface area contributed by atoms with Crippen LogP contribution in [0, 0.1) is 6.92 Å². The highest BCUT2D eigenvalue weighted by atomic mass is 19.4. The highest BCUT2D eigenvalue weighted by molar-refractivity contribution is 5.94. The summed E-state index contributed by atoms with van der Waals surface area (Å²) in [4.78, 5) is 10.8. The van der Waals surface area contributed by atoms with E-state index in [1.807, 2.05) is 0 Å². The van der Waals surface area contributed by atoms with Crippen LogP contribution < -0.4 is 5.32 Å². The van der Waals surface area contributed by atoms with E-state index in [9.17, 15) is 18.0 Å². The molecule has 0 aliphatic heterocycles. The molecule has 0 spiro atoms. The zero-order chi connectivity index (χ0) is 10.1. The molecule has 0 bridgehead atoms. The second-order valence-corrected chi connectivity index (χ2v) is 2.25. The first-order valence-electron chi connectivity index (χ1n) is 3.20. The molecule has 4 nitrogen and oxygen atoms in total. The molecule has 0 saturated heterocycles. The number of aromatic nitrogens is 1. The Balaban J connectivity index is 2.76. The van der Waals surface area contributed by atoms with Crippen molar-refractivity contribution in [1.82, 2.24) is 10.5 Å². The normalized spacial score (nSPS) is 11.4. The van der Waals surface area contributed by atoms with Gasteiger partial charge in [-0.2, -0.15) is 13.2 Å². The fraction of sp³-hybridized carbons (Fsp3) is 0.333. The Hall–Kier alpha value is -1.53. The molecule has 1 amide bonds.